The number of benzene rings is 2. The van der Waals surface area contributed by atoms with E-state index in [4.69, 9.17) is 14.2 Å². The zero-order valence-corrected chi connectivity index (χ0v) is 36.6. The Bertz CT molecular complexity index is 2120. The predicted octanol–water partition coefficient (Wildman–Crippen LogP) is 6.26. The Kier molecular flexibility index (Phi) is 14.3. The zero-order chi connectivity index (χ0) is 44.4. The minimum Gasteiger partial charge on any atom is -0.507 e. The van der Waals surface area contributed by atoms with Crippen molar-refractivity contribution in [2.24, 2.45) is 40.0 Å². The summed E-state index contributed by atoms with van der Waals surface area (Å²) in [5, 5.41) is 49.9. The standard InChI is InChI=1S/C45H61N5O10/c1-23-13-12-14-24(2)44(56)47-38-30(8)35-26(4)27(5)42-37(36(35)41(54)33(38)22-46-49-16-18-50(48-57)19-17-49)43(55)45(10,60-42)59-20-15-34(58-11)28(6)32(21-25(3)51)29(7)40(53)31(9)39(23)52/h12-15,20,22-23,28-29,31-32,34,39-40,52-54H,16-19,21H2,1-11H3,(H,47,56)/b13-12?,20-15?,24-14?,46-22+/t23-,28-,29-,31+,32+,34-,39-,40-,45-/m0/s1. The fourth-order valence-electron chi connectivity index (χ4n) is 8.79. The molecule has 60 heavy (non-hydrogen) atoms. The molecule has 6 rings (SSSR count). The number of aryl methyl sites for hydroxylation is 2. The van der Waals surface area contributed by atoms with Gasteiger partial charge in [0, 0.05) is 43.2 Å². The Hall–Kier alpha value is -5.12. The van der Waals surface area contributed by atoms with Gasteiger partial charge in [0.05, 0.1) is 79.1 Å². The van der Waals surface area contributed by atoms with Gasteiger partial charge in [-0.25, -0.2) is 0 Å². The third-order valence-electron chi connectivity index (χ3n) is 12.9. The van der Waals surface area contributed by atoms with Gasteiger partial charge in [-0.1, -0.05) is 45.9 Å². The average molecular weight is 832 g/mol. The topological polar surface area (TPSA) is 200 Å². The van der Waals surface area contributed by atoms with Crippen molar-refractivity contribution < 1.29 is 43.9 Å². The number of ketones is 2. The van der Waals surface area contributed by atoms with E-state index in [2.05, 4.69) is 15.7 Å². The third-order valence-corrected chi connectivity index (χ3v) is 12.9. The molecule has 4 aliphatic rings. The molecule has 4 N–H and O–H groups in total. The van der Waals surface area contributed by atoms with E-state index in [1.54, 1.807) is 50.1 Å². The van der Waals surface area contributed by atoms with E-state index in [9.17, 15) is 34.6 Å². The lowest BCUT2D eigenvalue weighted by Crippen LogP contribution is -2.43. The molecule has 1 fully saturated rings. The van der Waals surface area contributed by atoms with Gasteiger partial charge in [-0.05, 0) is 80.5 Å². The lowest BCUT2D eigenvalue weighted by atomic mass is 9.71. The summed E-state index contributed by atoms with van der Waals surface area (Å²) in [6.45, 7) is 19.0. The summed E-state index contributed by atoms with van der Waals surface area (Å²) in [5.41, 5.74) is 2.81. The van der Waals surface area contributed by atoms with Crippen LogP contribution in [0.3, 0.4) is 0 Å². The third kappa shape index (κ3) is 8.98. The molecular formula is C45H61N5O10. The summed E-state index contributed by atoms with van der Waals surface area (Å²) in [4.78, 5) is 52.2. The molecule has 2 aromatic carbocycles. The molecule has 5 bridgehead atoms. The molecule has 0 spiro atoms. The van der Waals surface area contributed by atoms with Gasteiger partial charge in [-0.2, -0.15) is 5.10 Å². The number of carbonyl (C=O) groups excluding carboxylic acids is 3. The second kappa shape index (κ2) is 18.7. The van der Waals surface area contributed by atoms with Crippen molar-refractivity contribution in [1.82, 2.24) is 10.0 Å². The van der Waals surface area contributed by atoms with Crippen molar-refractivity contribution in [1.29, 1.82) is 0 Å². The van der Waals surface area contributed by atoms with Crippen molar-refractivity contribution in [2.75, 3.05) is 38.6 Å². The first kappa shape index (κ1) is 46.0. The molecule has 4 heterocycles. The van der Waals surface area contributed by atoms with Crippen LogP contribution in [0.5, 0.6) is 11.5 Å². The Morgan fingerprint density at radius 2 is 1.60 bits per heavy atom. The fraction of sp³-hybridized carbons (Fsp3) is 0.556. The summed E-state index contributed by atoms with van der Waals surface area (Å²) < 4.78 is 18.4. The number of methoxy groups -OCH3 is 1. The van der Waals surface area contributed by atoms with Crippen LogP contribution >= 0.6 is 0 Å². The van der Waals surface area contributed by atoms with Crippen molar-refractivity contribution in [3.63, 3.8) is 0 Å². The second-order valence-corrected chi connectivity index (χ2v) is 16.9. The number of carbonyl (C=O) groups is 3. The molecule has 0 aliphatic carbocycles. The largest absolute Gasteiger partial charge is 0.507 e. The number of nitrogens with one attached hydrogen (secondary N) is 1. The number of hydrogen-bond donors (Lipinski definition) is 4. The number of hydrogen-bond acceptors (Lipinski definition) is 13. The van der Waals surface area contributed by atoms with Crippen molar-refractivity contribution in [2.45, 2.75) is 99.8 Å². The highest BCUT2D eigenvalue weighted by Gasteiger charge is 2.49. The first-order valence-corrected chi connectivity index (χ1v) is 20.6. The van der Waals surface area contributed by atoms with Gasteiger partial charge in [-0.15, -0.1) is 4.91 Å². The van der Waals surface area contributed by atoms with Gasteiger partial charge in [0.1, 0.15) is 17.3 Å². The number of aliphatic hydroxyl groups is 2. The van der Waals surface area contributed by atoms with Crippen LogP contribution in [0.15, 0.2) is 46.5 Å². The quantitative estimate of drug-likeness (QED) is 0.189. The van der Waals surface area contributed by atoms with E-state index in [0.29, 0.717) is 53.8 Å². The number of amides is 1. The van der Waals surface area contributed by atoms with Crippen LogP contribution in [0.4, 0.5) is 5.69 Å². The maximum atomic E-state index is 14.6. The van der Waals surface area contributed by atoms with Crippen molar-refractivity contribution in [3.8, 4) is 11.5 Å². The normalized spacial score (nSPS) is 29.5. The van der Waals surface area contributed by atoms with Crippen LogP contribution in [-0.2, 0) is 19.1 Å². The molecule has 0 radical (unpaired) electrons. The Morgan fingerprint density at radius 3 is 2.22 bits per heavy atom. The number of fused-ring (bicyclic) bond motifs is 14. The molecule has 0 unspecified atom stereocenters. The first-order chi connectivity index (χ1) is 28.3. The van der Waals surface area contributed by atoms with E-state index in [1.165, 1.54) is 38.4 Å². The number of phenolic OH excluding ortho intramolecular Hbond substituents is 1. The second-order valence-electron chi connectivity index (χ2n) is 16.9. The number of ether oxygens (including phenoxy) is 3. The summed E-state index contributed by atoms with van der Waals surface area (Å²) in [7, 11) is 1.53. The molecule has 4 aliphatic heterocycles. The minimum absolute atomic E-state index is 0.0621. The molecule has 1 amide bonds. The lowest BCUT2D eigenvalue weighted by Gasteiger charge is -2.38. The van der Waals surface area contributed by atoms with E-state index in [0.717, 1.165) is 0 Å². The highest BCUT2D eigenvalue weighted by molar-refractivity contribution is 6.22. The number of anilines is 1. The van der Waals surface area contributed by atoms with Crippen molar-refractivity contribution >= 4 is 40.1 Å². The number of allylic oxidation sites excluding steroid dienone is 2. The number of rotatable bonds is 6. The molecule has 1 saturated heterocycles. The molecular weight excluding hydrogens is 771 g/mol. The van der Waals surface area contributed by atoms with E-state index < -0.39 is 53.5 Å². The number of hydrazone groups is 1. The molecule has 0 aromatic heterocycles. The smallest absolute Gasteiger partial charge is 0.312 e. The Morgan fingerprint density at radius 1 is 0.950 bits per heavy atom. The predicted molar refractivity (Wildman–Crippen MR) is 230 cm³/mol. The van der Waals surface area contributed by atoms with Gasteiger partial charge in [0.15, 0.2) is 0 Å². The maximum Gasteiger partial charge on any atom is 0.312 e. The van der Waals surface area contributed by atoms with Crippen LogP contribution < -0.4 is 10.1 Å². The minimum atomic E-state index is -1.85. The lowest BCUT2D eigenvalue weighted by molar-refractivity contribution is -0.120. The van der Waals surface area contributed by atoms with Gasteiger partial charge >= 0.3 is 5.79 Å². The Labute approximate surface area is 352 Å². The molecule has 326 valence electrons. The number of piperazine rings is 1. The van der Waals surface area contributed by atoms with Crippen LogP contribution in [0.1, 0.15) is 87.5 Å². The molecule has 15 heteroatoms. The van der Waals surface area contributed by atoms with E-state index in [1.807, 2.05) is 34.6 Å². The number of phenols is 1. The van der Waals surface area contributed by atoms with Crippen LogP contribution in [0.25, 0.3) is 10.8 Å². The van der Waals surface area contributed by atoms with Gasteiger partial charge in [0.25, 0.3) is 11.7 Å². The van der Waals surface area contributed by atoms with Gasteiger partial charge < -0.3 is 39.6 Å². The number of Topliss-reactive ketones (excluding diaryl/α,β-unsaturated/α-hetero) is 2. The molecule has 9 atom stereocenters. The molecule has 15 nitrogen and oxygen atoms in total. The number of aliphatic hydroxyl groups excluding tert-OH is 2. The summed E-state index contributed by atoms with van der Waals surface area (Å²) in [5.74, 6) is -5.11. The highest BCUT2D eigenvalue weighted by Crippen LogP contribution is 2.50. The van der Waals surface area contributed by atoms with Crippen LogP contribution in [-0.4, -0.2) is 106 Å². The maximum absolute atomic E-state index is 14.6. The van der Waals surface area contributed by atoms with Crippen LogP contribution in [0.2, 0.25) is 0 Å². The molecule has 2 aromatic rings. The first-order valence-electron chi connectivity index (χ1n) is 20.6. The van der Waals surface area contributed by atoms with Gasteiger partial charge in [-0.3, -0.25) is 19.6 Å². The monoisotopic (exact) mass is 831 g/mol. The number of nitrogens with zero attached hydrogens (tertiary/aromatic N) is 4. The summed E-state index contributed by atoms with van der Waals surface area (Å²) >= 11 is 0. The molecule has 0 saturated carbocycles. The highest BCUT2D eigenvalue weighted by atomic mass is 16.7. The van der Waals surface area contributed by atoms with E-state index in [-0.39, 0.29) is 57.7 Å². The Balaban J connectivity index is 1.70. The number of aromatic hydroxyl groups is 1. The van der Waals surface area contributed by atoms with E-state index >= 15 is 0 Å². The fourth-order valence-corrected chi connectivity index (χ4v) is 8.79. The van der Waals surface area contributed by atoms with Crippen molar-refractivity contribution in [3.05, 3.63) is 68.9 Å². The average Bonchev–Trinajstić information content (AvgIpc) is 3.49. The van der Waals surface area contributed by atoms with Gasteiger partial charge in [0.2, 0.25) is 0 Å². The van der Waals surface area contributed by atoms with Crippen LogP contribution in [0, 0.1) is 55.3 Å². The summed E-state index contributed by atoms with van der Waals surface area (Å²) in [6.07, 6.45) is 7.09. The number of nitroso groups, excluding NO2 is 1. The SMILES string of the molecule is CO[C@H]1C=CO[C@@]2(C)Oc3c(C)c(C)c4c(C)c(c(/C=N/N5CCN(N=O)CC5)c(O)c4c3C2=O)NC(=O)C(C)=CC=C[C@H](C)[C@H](O)[C@@H](C)[C@@H](O)[C@@H](C)[C@H](CC(C)=O)[C@@H]1C. The summed E-state index contributed by atoms with van der Waals surface area (Å²) in [6, 6.07) is 0. The zero-order valence-electron chi connectivity index (χ0n) is 36.6.